The molecule has 0 bridgehead atoms. The molecule has 0 spiro atoms. The summed E-state index contributed by atoms with van der Waals surface area (Å²) < 4.78 is 5.80. The molecule has 0 radical (unpaired) electrons. The van der Waals surface area contributed by atoms with Gasteiger partial charge in [0.1, 0.15) is 11.5 Å². The van der Waals surface area contributed by atoms with Gasteiger partial charge < -0.3 is 4.42 Å². The van der Waals surface area contributed by atoms with E-state index >= 15 is 0 Å². The number of furan rings is 1. The Bertz CT molecular complexity index is 1160. The monoisotopic (exact) mass is 423 g/mol. The van der Waals surface area contributed by atoms with Crippen LogP contribution >= 0.6 is 23.4 Å². The van der Waals surface area contributed by atoms with Crippen molar-refractivity contribution in [2.75, 3.05) is 4.90 Å². The lowest BCUT2D eigenvalue weighted by Crippen LogP contribution is -2.27. The second-order valence-corrected chi connectivity index (χ2v) is 7.76. The zero-order valence-electron chi connectivity index (χ0n) is 15.2. The Labute approximate surface area is 176 Å². The van der Waals surface area contributed by atoms with Crippen LogP contribution < -0.4 is 4.90 Å². The van der Waals surface area contributed by atoms with Crippen molar-refractivity contribution in [2.45, 2.75) is 6.92 Å². The van der Waals surface area contributed by atoms with Crippen molar-refractivity contribution in [3.63, 3.8) is 0 Å². The SMILES string of the molecule is CC(=O)c1ccc(-c2ccc(/C=C3/SC(=O)N(c4cccc(Cl)c4)C3=O)o2)cc1. The average molecular weight is 424 g/mol. The standard InChI is InChI=1S/C22H14ClNO4S/c1-13(25)14-5-7-15(8-6-14)19-10-9-18(28-19)12-20-21(26)24(22(27)29-20)17-4-2-3-16(23)11-17/h2-12H,1H3/b20-12+. The molecule has 0 atom stereocenters. The quantitative estimate of drug-likeness (QED) is 0.377. The first kappa shape index (κ1) is 19.2. The van der Waals surface area contributed by atoms with E-state index in [2.05, 4.69) is 0 Å². The predicted molar refractivity (Wildman–Crippen MR) is 114 cm³/mol. The van der Waals surface area contributed by atoms with E-state index in [0.29, 0.717) is 27.8 Å². The fourth-order valence-electron chi connectivity index (χ4n) is 2.89. The maximum Gasteiger partial charge on any atom is 0.298 e. The van der Waals surface area contributed by atoms with Crippen LogP contribution in [-0.4, -0.2) is 16.9 Å². The number of hydrogen-bond acceptors (Lipinski definition) is 5. The number of anilines is 1. The number of benzene rings is 2. The molecular weight excluding hydrogens is 410 g/mol. The Hall–Kier alpha value is -3.09. The van der Waals surface area contributed by atoms with E-state index in [1.165, 1.54) is 6.92 Å². The van der Waals surface area contributed by atoms with Crippen molar-refractivity contribution >= 4 is 52.1 Å². The molecule has 3 aromatic rings. The molecule has 2 aromatic carbocycles. The van der Waals surface area contributed by atoms with Gasteiger partial charge in [-0.2, -0.15) is 0 Å². The summed E-state index contributed by atoms with van der Waals surface area (Å²) in [4.78, 5) is 37.8. The Morgan fingerprint density at radius 2 is 1.83 bits per heavy atom. The van der Waals surface area contributed by atoms with Crippen LogP contribution in [-0.2, 0) is 4.79 Å². The van der Waals surface area contributed by atoms with Gasteiger partial charge in [0, 0.05) is 22.2 Å². The lowest BCUT2D eigenvalue weighted by molar-refractivity contribution is -0.113. The van der Waals surface area contributed by atoms with Gasteiger partial charge >= 0.3 is 0 Å². The highest BCUT2D eigenvalue weighted by atomic mass is 35.5. The topological polar surface area (TPSA) is 67.6 Å². The molecule has 0 N–H and O–H groups in total. The summed E-state index contributed by atoms with van der Waals surface area (Å²) >= 11 is 6.81. The van der Waals surface area contributed by atoms with Gasteiger partial charge in [-0.25, -0.2) is 4.90 Å². The minimum Gasteiger partial charge on any atom is -0.457 e. The van der Waals surface area contributed by atoms with Crippen molar-refractivity contribution in [3.8, 4) is 11.3 Å². The van der Waals surface area contributed by atoms with Crippen molar-refractivity contribution in [1.82, 2.24) is 0 Å². The van der Waals surface area contributed by atoms with Gasteiger partial charge in [-0.15, -0.1) is 0 Å². The molecule has 4 rings (SSSR count). The predicted octanol–water partition coefficient (Wildman–Crippen LogP) is 6.04. The van der Waals surface area contributed by atoms with E-state index in [9.17, 15) is 14.4 Å². The molecule has 7 heteroatoms. The summed E-state index contributed by atoms with van der Waals surface area (Å²) in [5.74, 6) is 0.616. The van der Waals surface area contributed by atoms with Crippen molar-refractivity contribution in [3.05, 3.63) is 81.9 Å². The smallest absolute Gasteiger partial charge is 0.298 e. The Balaban J connectivity index is 1.58. The van der Waals surface area contributed by atoms with Gasteiger partial charge in [-0.05, 0) is 49.0 Å². The van der Waals surface area contributed by atoms with E-state index in [1.54, 1.807) is 66.7 Å². The summed E-state index contributed by atoms with van der Waals surface area (Å²) in [7, 11) is 0. The minimum atomic E-state index is -0.425. The number of amides is 2. The average Bonchev–Trinajstić information content (AvgIpc) is 3.26. The molecule has 0 unspecified atom stereocenters. The number of carbonyl (C=O) groups excluding carboxylic acids is 3. The lowest BCUT2D eigenvalue weighted by Gasteiger charge is -2.12. The molecule has 1 aromatic heterocycles. The number of imide groups is 1. The van der Waals surface area contributed by atoms with Gasteiger partial charge in [0.25, 0.3) is 11.1 Å². The second kappa shape index (κ2) is 7.73. The van der Waals surface area contributed by atoms with E-state index < -0.39 is 11.1 Å². The van der Waals surface area contributed by atoms with Gasteiger partial charge in [-0.3, -0.25) is 14.4 Å². The Morgan fingerprint density at radius 1 is 1.07 bits per heavy atom. The third kappa shape index (κ3) is 3.90. The zero-order valence-corrected chi connectivity index (χ0v) is 16.8. The Kier molecular flexibility index (Phi) is 5.13. The molecule has 144 valence electrons. The summed E-state index contributed by atoms with van der Waals surface area (Å²) in [6, 6.07) is 17.1. The maximum absolute atomic E-state index is 12.7. The van der Waals surface area contributed by atoms with Crippen LogP contribution in [0.4, 0.5) is 10.5 Å². The molecule has 2 heterocycles. The van der Waals surface area contributed by atoms with Crippen LogP contribution in [0.3, 0.4) is 0 Å². The number of ketones is 1. The Morgan fingerprint density at radius 3 is 2.52 bits per heavy atom. The normalized spacial score (nSPS) is 15.4. The molecule has 1 aliphatic heterocycles. The van der Waals surface area contributed by atoms with Crippen LogP contribution in [0.15, 0.2) is 70.0 Å². The number of carbonyl (C=O) groups is 3. The molecule has 5 nitrogen and oxygen atoms in total. The number of Topliss-reactive ketones (excluding diaryl/α,β-unsaturated/α-hetero) is 1. The van der Waals surface area contributed by atoms with Gasteiger partial charge in [0.15, 0.2) is 5.78 Å². The molecule has 1 fully saturated rings. The highest BCUT2D eigenvalue weighted by molar-refractivity contribution is 8.19. The third-order valence-electron chi connectivity index (χ3n) is 4.34. The number of halogens is 1. The highest BCUT2D eigenvalue weighted by Gasteiger charge is 2.36. The molecule has 0 saturated carbocycles. The van der Waals surface area contributed by atoms with E-state index in [-0.39, 0.29) is 10.7 Å². The first-order valence-electron chi connectivity index (χ1n) is 8.67. The highest BCUT2D eigenvalue weighted by Crippen LogP contribution is 2.37. The first-order valence-corrected chi connectivity index (χ1v) is 9.86. The number of hydrogen-bond donors (Lipinski definition) is 0. The number of rotatable bonds is 4. The summed E-state index contributed by atoms with van der Waals surface area (Å²) in [5, 5.41) is 0.0483. The number of thioether (sulfide) groups is 1. The van der Waals surface area contributed by atoms with Crippen LogP contribution in [0.25, 0.3) is 17.4 Å². The molecule has 1 aliphatic rings. The first-order chi connectivity index (χ1) is 13.9. The van der Waals surface area contributed by atoms with Crippen LogP contribution in [0.1, 0.15) is 23.0 Å². The van der Waals surface area contributed by atoms with Crippen molar-refractivity contribution < 1.29 is 18.8 Å². The second-order valence-electron chi connectivity index (χ2n) is 6.33. The molecule has 0 aliphatic carbocycles. The molecular formula is C22H14ClNO4S. The fourth-order valence-corrected chi connectivity index (χ4v) is 3.90. The molecule has 29 heavy (non-hydrogen) atoms. The van der Waals surface area contributed by atoms with Crippen molar-refractivity contribution in [1.29, 1.82) is 0 Å². The van der Waals surface area contributed by atoms with Crippen LogP contribution in [0, 0.1) is 0 Å². The van der Waals surface area contributed by atoms with Gasteiger partial charge in [0.05, 0.1) is 10.6 Å². The fraction of sp³-hybridized carbons (Fsp3) is 0.0455. The summed E-state index contributed by atoms with van der Waals surface area (Å²) in [6.07, 6.45) is 1.54. The van der Waals surface area contributed by atoms with Crippen molar-refractivity contribution in [2.24, 2.45) is 0 Å². The van der Waals surface area contributed by atoms with Gasteiger partial charge in [0.2, 0.25) is 0 Å². The van der Waals surface area contributed by atoms with E-state index in [4.69, 9.17) is 16.0 Å². The molecule has 1 saturated heterocycles. The minimum absolute atomic E-state index is 0.00730. The molecule has 2 amide bonds. The third-order valence-corrected chi connectivity index (χ3v) is 5.44. The lowest BCUT2D eigenvalue weighted by atomic mass is 10.1. The van der Waals surface area contributed by atoms with Gasteiger partial charge in [-0.1, -0.05) is 41.9 Å². The summed E-state index contributed by atoms with van der Waals surface area (Å²) in [5.41, 5.74) is 1.85. The summed E-state index contributed by atoms with van der Waals surface area (Å²) in [6.45, 7) is 1.51. The maximum atomic E-state index is 12.7. The van der Waals surface area contributed by atoms with E-state index in [0.717, 1.165) is 22.2 Å². The number of nitrogens with zero attached hydrogens (tertiary/aromatic N) is 1. The largest absolute Gasteiger partial charge is 0.457 e. The van der Waals surface area contributed by atoms with Crippen LogP contribution in [0.2, 0.25) is 5.02 Å². The van der Waals surface area contributed by atoms with Crippen LogP contribution in [0.5, 0.6) is 0 Å². The zero-order chi connectivity index (χ0) is 20.5. The van der Waals surface area contributed by atoms with E-state index in [1.807, 2.05) is 0 Å².